The molecule has 0 fully saturated rings. The summed E-state index contributed by atoms with van der Waals surface area (Å²) in [5.41, 5.74) is 6.52. The smallest absolute Gasteiger partial charge is 0.123 e. The first kappa shape index (κ1) is 25.0. The Bertz CT molecular complexity index is 792. The van der Waals surface area contributed by atoms with Gasteiger partial charge in [-0.2, -0.15) is 0 Å². The molecule has 0 amide bonds. The second-order valence-corrected chi connectivity index (χ2v) is 8.65. The summed E-state index contributed by atoms with van der Waals surface area (Å²) in [5, 5.41) is 10.5. The number of aryl methyl sites for hydroxylation is 1. The summed E-state index contributed by atoms with van der Waals surface area (Å²) in [6, 6.07) is 14.8. The zero-order chi connectivity index (χ0) is 22.2. The quantitative estimate of drug-likeness (QED) is 0.407. The molecule has 1 aliphatic rings. The highest BCUT2D eigenvalue weighted by Crippen LogP contribution is 2.46. The predicted molar refractivity (Wildman–Crippen MR) is 131 cm³/mol. The summed E-state index contributed by atoms with van der Waals surface area (Å²) in [4.78, 5) is 0. The van der Waals surface area contributed by atoms with Gasteiger partial charge < -0.3 is 5.11 Å². The van der Waals surface area contributed by atoms with Crippen LogP contribution in [0.1, 0.15) is 103 Å². The topological polar surface area (TPSA) is 20.2 Å². The van der Waals surface area contributed by atoms with Gasteiger partial charge in [-0.3, -0.25) is 0 Å². The van der Waals surface area contributed by atoms with E-state index in [-0.39, 0.29) is 10.8 Å². The fourth-order valence-electron chi connectivity index (χ4n) is 3.85. The Labute approximate surface area is 179 Å². The second kappa shape index (κ2) is 10.7. The fraction of sp³-hybridized carbons (Fsp3) is 0.500. The summed E-state index contributed by atoms with van der Waals surface area (Å²) in [6.07, 6.45) is 5.32. The Morgan fingerprint density at radius 1 is 0.828 bits per heavy atom. The highest BCUT2D eigenvalue weighted by molar-refractivity contribution is 5.77. The molecule has 1 aliphatic carbocycles. The van der Waals surface area contributed by atoms with Gasteiger partial charge in [-0.25, -0.2) is 0 Å². The predicted octanol–water partition coefficient (Wildman–Crippen LogP) is 8.71. The molecule has 0 radical (unpaired) electrons. The van der Waals surface area contributed by atoms with E-state index in [1.54, 1.807) is 0 Å². The standard InChI is InChI=1S/C24H30O.2C2H6/c1-6-17-7-10-19(11-8-17)22(25)16-18-9-12-20-21(15-18)24(4,5)14-13-23(20,2)3;2*1-2/h7-12,15-16,25H,6,13-14H2,1-5H3;2*1-2H3/b22-16-;;. The van der Waals surface area contributed by atoms with E-state index in [2.05, 4.69) is 65.0 Å². The van der Waals surface area contributed by atoms with Gasteiger partial charge in [0.1, 0.15) is 5.76 Å². The van der Waals surface area contributed by atoms with Crippen molar-refractivity contribution in [1.82, 2.24) is 0 Å². The molecule has 3 rings (SSSR count). The van der Waals surface area contributed by atoms with Gasteiger partial charge in [0.05, 0.1) is 0 Å². The third-order valence-corrected chi connectivity index (χ3v) is 5.84. The Morgan fingerprint density at radius 2 is 1.34 bits per heavy atom. The van der Waals surface area contributed by atoms with Gasteiger partial charge in [0.2, 0.25) is 0 Å². The number of benzene rings is 2. The van der Waals surface area contributed by atoms with Crippen molar-refractivity contribution >= 4 is 11.8 Å². The van der Waals surface area contributed by atoms with Gasteiger partial charge in [0, 0.05) is 5.56 Å². The number of aliphatic hydroxyl groups excluding tert-OH is 1. The number of hydrogen-bond donors (Lipinski definition) is 1. The number of aliphatic hydroxyl groups is 1. The molecule has 0 heterocycles. The second-order valence-electron chi connectivity index (χ2n) is 8.65. The average Bonchev–Trinajstić information content (AvgIpc) is 2.74. The molecular formula is C28H42O. The molecule has 0 spiro atoms. The molecule has 0 saturated carbocycles. The molecule has 0 unspecified atom stereocenters. The lowest BCUT2D eigenvalue weighted by Crippen LogP contribution is -2.33. The SMILES string of the molecule is CC.CC.CCc1ccc(/C(O)=C/c2ccc3c(c2)C(C)(C)CCC3(C)C)cc1. The van der Waals surface area contributed by atoms with E-state index >= 15 is 0 Å². The Hall–Kier alpha value is -2.02. The summed E-state index contributed by atoms with van der Waals surface area (Å²) < 4.78 is 0. The van der Waals surface area contributed by atoms with Gasteiger partial charge in [0.25, 0.3) is 0 Å². The molecule has 2 aromatic carbocycles. The molecular weight excluding hydrogens is 352 g/mol. The third-order valence-electron chi connectivity index (χ3n) is 5.84. The zero-order valence-electron chi connectivity index (χ0n) is 20.2. The van der Waals surface area contributed by atoms with Crippen LogP contribution >= 0.6 is 0 Å². The van der Waals surface area contributed by atoms with Crippen LogP contribution in [0.3, 0.4) is 0 Å². The molecule has 29 heavy (non-hydrogen) atoms. The minimum absolute atomic E-state index is 0.188. The molecule has 160 valence electrons. The van der Waals surface area contributed by atoms with Crippen LogP contribution < -0.4 is 0 Å². The maximum atomic E-state index is 10.5. The first-order chi connectivity index (χ1) is 13.7. The Balaban J connectivity index is 0.000000989. The van der Waals surface area contributed by atoms with Gasteiger partial charge >= 0.3 is 0 Å². The third kappa shape index (κ3) is 5.98. The van der Waals surface area contributed by atoms with Crippen molar-refractivity contribution in [2.75, 3.05) is 0 Å². The van der Waals surface area contributed by atoms with E-state index in [1.165, 1.54) is 29.5 Å². The fourth-order valence-corrected chi connectivity index (χ4v) is 3.85. The highest BCUT2D eigenvalue weighted by atomic mass is 16.3. The van der Waals surface area contributed by atoms with Gasteiger partial charge in [0.15, 0.2) is 0 Å². The lowest BCUT2D eigenvalue weighted by molar-refractivity contribution is 0.332. The molecule has 0 aliphatic heterocycles. The average molecular weight is 395 g/mol. The van der Waals surface area contributed by atoms with E-state index in [4.69, 9.17) is 0 Å². The van der Waals surface area contributed by atoms with Crippen molar-refractivity contribution in [3.8, 4) is 0 Å². The molecule has 0 saturated heterocycles. The largest absolute Gasteiger partial charge is 0.507 e. The van der Waals surface area contributed by atoms with Crippen LogP contribution in [0.4, 0.5) is 0 Å². The molecule has 1 heteroatoms. The van der Waals surface area contributed by atoms with Crippen LogP contribution in [0, 0.1) is 0 Å². The van der Waals surface area contributed by atoms with Crippen LogP contribution in [0.2, 0.25) is 0 Å². The zero-order valence-corrected chi connectivity index (χ0v) is 20.2. The first-order valence-electron chi connectivity index (χ1n) is 11.4. The maximum absolute atomic E-state index is 10.5. The van der Waals surface area contributed by atoms with Crippen LogP contribution in [0.15, 0.2) is 42.5 Å². The van der Waals surface area contributed by atoms with E-state index < -0.39 is 0 Å². The van der Waals surface area contributed by atoms with Crippen molar-refractivity contribution in [2.24, 2.45) is 0 Å². The molecule has 1 N–H and O–H groups in total. The lowest BCUT2D eigenvalue weighted by Gasteiger charge is -2.42. The van der Waals surface area contributed by atoms with Gasteiger partial charge in [-0.05, 0) is 58.4 Å². The van der Waals surface area contributed by atoms with Crippen molar-refractivity contribution in [2.45, 2.75) is 92.4 Å². The number of fused-ring (bicyclic) bond motifs is 1. The lowest BCUT2D eigenvalue weighted by atomic mass is 9.63. The van der Waals surface area contributed by atoms with E-state index in [0.717, 1.165) is 17.5 Å². The van der Waals surface area contributed by atoms with Crippen LogP contribution in [0.25, 0.3) is 11.8 Å². The van der Waals surface area contributed by atoms with E-state index in [1.807, 2.05) is 45.9 Å². The van der Waals surface area contributed by atoms with Gasteiger partial charge in [-0.15, -0.1) is 0 Å². The summed E-state index contributed by atoms with van der Waals surface area (Å²) in [7, 11) is 0. The monoisotopic (exact) mass is 394 g/mol. The molecule has 0 bridgehead atoms. The molecule has 0 aromatic heterocycles. The number of rotatable bonds is 3. The minimum atomic E-state index is 0.188. The van der Waals surface area contributed by atoms with Crippen molar-refractivity contribution < 1.29 is 5.11 Å². The molecule has 2 aromatic rings. The summed E-state index contributed by atoms with van der Waals surface area (Å²) in [6.45, 7) is 19.5. The Kier molecular flexibility index (Phi) is 9.20. The van der Waals surface area contributed by atoms with Gasteiger partial charge in [-0.1, -0.05) is 105 Å². The maximum Gasteiger partial charge on any atom is 0.123 e. The van der Waals surface area contributed by atoms with Crippen LogP contribution in [-0.2, 0) is 17.3 Å². The van der Waals surface area contributed by atoms with Crippen LogP contribution in [-0.4, -0.2) is 5.11 Å². The van der Waals surface area contributed by atoms with E-state index in [9.17, 15) is 5.11 Å². The first-order valence-corrected chi connectivity index (χ1v) is 11.4. The van der Waals surface area contributed by atoms with Crippen molar-refractivity contribution in [1.29, 1.82) is 0 Å². The van der Waals surface area contributed by atoms with Crippen LogP contribution in [0.5, 0.6) is 0 Å². The molecule has 0 atom stereocenters. The van der Waals surface area contributed by atoms with Crippen molar-refractivity contribution in [3.05, 3.63) is 70.3 Å². The highest BCUT2D eigenvalue weighted by Gasteiger charge is 2.36. The number of hydrogen-bond acceptors (Lipinski definition) is 1. The van der Waals surface area contributed by atoms with Crippen molar-refractivity contribution in [3.63, 3.8) is 0 Å². The summed E-state index contributed by atoms with van der Waals surface area (Å²) in [5.74, 6) is 0.329. The minimum Gasteiger partial charge on any atom is -0.507 e. The normalized spacial score (nSPS) is 16.5. The molecule has 1 nitrogen and oxygen atoms in total. The Morgan fingerprint density at radius 3 is 1.86 bits per heavy atom. The summed E-state index contributed by atoms with van der Waals surface area (Å²) >= 11 is 0. The van der Waals surface area contributed by atoms with E-state index in [0.29, 0.717) is 5.76 Å².